The molecule has 0 saturated carbocycles. The lowest BCUT2D eigenvalue weighted by Gasteiger charge is -2.16. The Morgan fingerprint density at radius 2 is 1.19 bits per heavy atom. The lowest BCUT2D eigenvalue weighted by molar-refractivity contribution is -0.142. The molecule has 17 heteroatoms. The first-order chi connectivity index (χ1) is 17.6. The number of hydrogen-bond donors (Lipinski definition) is 9. The number of carboxylic acid groups (broad SMARTS) is 2. The molecule has 0 aromatic carbocycles. The minimum absolute atomic E-state index is 0.232. The first kappa shape index (κ1) is 43.3. The molecule has 0 saturated heterocycles. The molecule has 216 valence electrons. The molecule has 4 unspecified atom stereocenters. The molecule has 0 aliphatic carbocycles. The number of hydrogen-bond acceptors (Lipinski definition) is 12. The van der Waals surface area contributed by atoms with E-state index in [9.17, 15) is 38.4 Å². The second-order valence-electron chi connectivity index (χ2n) is 5.96. The van der Waals surface area contributed by atoms with E-state index in [4.69, 9.17) is 31.3 Å². The van der Waals surface area contributed by atoms with E-state index in [0.717, 1.165) is 21.3 Å². The van der Waals surface area contributed by atoms with Gasteiger partial charge in [-0.3, -0.25) is 19.2 Å². The van der Waals surface area contributed by atoms with Crippen LogP contribution in [0.3, 0.4) is 0 Å². The number of nitrogens with one attached hydrogen (secondary N) is 3. The number of aliphatic hydroxyl groups excluding tert-OH is 3. The third-order valence-corrected chi connectivity index (χ3v) is 3.49. The van der Waals surface area contributed by atoms with Crippen molar-refractivity contribution in [2.45, 2.75) is 56.8 Å². The van der Waals surface area contributed by atoms with Crippen LogP contribution in [0.15, 0.2) is 0 Å². The summed E-state index contributed by atoms with van der Waals surface area (Å²) in [6, 6.07) is -4.45. The number of carbonyl (C=O) groups is 8. The summed E-state index contributed by atoms with van der Waals surface area (Å²) >= 11 is 0. The second-order valence-corrected chi connectivity index (χ2v) is 5.96. The molecule has 0 rings (SSSR count). The van der Waals surface area contributed by atoms with E-state index >= 15 is 0 Å². The van der Waals surface area contributed by atoms with E-state index in [0.29, 0.717) is 19.0 Å². The highest BCUT2D eigenvalue weighted by atomic mass is 16.4. The number of aliphatic carboxylic acids is 2. The topological polar surface area (TPSA) is 300 Å². The summed E-state index contributed by atoms with van der Waals surface area (Å²) in [6.07, 6.45) is 0.200. The maximum absolute atomic E-state index is 11.6. The van der Waals surface area contributed by atoms with Gasteiger partial charge in [-0.25, -0.2) is 4.79 Å². The number of rotatable bonds is 15. The number of carbonyl (C=O) groups excluding carboxylic acids is 6. The smallest absolute Gasteiger partial charge is 0.326 e. The van der Waals surface area contributed by atoms with Crippen molar-refractivity contribution in [1.82, 2.24) is 16.0 Å². The third kappa shape index (κ3) is 28.3. The summed E-state index contributed by atoms with van der Waals surface area (Å²) in [5.74, 6) is -3.98. The van der Waals surface area contributed by atoms with Crippen LogP contribution in [-0.4, -0.2) is 120 Å². The van der Waals surface area contributed by atoms with Gasteiger partial charge in [0.15, 0.2) is 0 Å². The lowest BCUT2D eigenvalue weighted by Crippen LogP contribution is -2.46. The highest BCUT2D eigenvalue weighted by molar-refractivity contribution is 5.89. The number of aliphatic hydroxyl groups is 3. The fourth-order valence-corrected chi connectivity index (χ4v) is 1.78. The van der Waals surface area contributed by atoms with Crippen LogP contribution in [0.2, 0.25) is 0 Å². The Morgan fingerprint density at radius 1 is 0.757 bits per heavy atom. The van der Waals surface area contributed by atoms with Crippen LogP contribution in [0.25, 0.3) is 0 Å². The fourth-order valence-electron chi connectivity index (χ4n) is 1.78. The maximum atomic E-state index is 11.6. The van der Waals surface area contributed by atoms with E-state index < -0.39 is 67.2 Å². The fraction of sp³-hybridized carbons (Fsp3) is 0.600. The van der Waals surface area contributed by atoms with E-state index in [1.807, 2.05) is 5.32 Å². The maximum Gasteiger partial charge on any atom is 0.326 e. The van der Waals surface area contributed by atoms with E-state index in [-0.39, 0.29) is 12.7 Å². The lowest BCUT2D eigenvalue weighted by atomic mass is 10.1. The summed E-state index contributed by atoms with van der Waals surface area (Å²) in [5.41, 5.74) is 5.02. The highest BCUT2D eigenvalue weighted by Crippen LogP contribution is 1.96. The van der Waals surface area contributed by atoms with Crippen molar-refractivity contribution in [2.75, 3.05) is 21.3 Å². The van der Waals surface area contributed by atoms with Gasteiger partial charge in [0.25, 0.3) is 0 Å². The van der Waals surface area contributed by atoms with Gasteiger partial charge in [-0.1, -0.05) is 6.92 Å². The number of amides is 3. The number of nitrogens with two attached hydrogens (primary N) is 1. The monoisotopic (exact) mass is 542 g/mol. The Bertz CT molecular complexity index is 662. The first-order valence-electron chi connectivity index (χ1n) is 10.2. The normalized spacial score (nSPS) is 11.8. The molecule has 0 spiro atoms. The van der Waals surface area contributed by atoms with Gasteiger partial charge in [-0.2, -0.15) is 0 Å². The van der Waals surface area contributed by atoms with Crippen LogP contribution < -0.4 is 21.7 Å². The molecular formula is C20H38N4O13. The number of carboxylic acids is 2. The zero-order valence-electron chi connectivity index (χ0n) is 21.0. The molecular weight excluding hydrogens is 504 g/mol. The Kier molecular flexibility index (Phi) is 37.7. The average Bonchev–Trinajstić information content (AvgIpc) is 2.90. The molecule has 37 heavy (non-hydrogen) atoms. The van der Waals surface area contributed by atoms with Gasteiger partial charge < -0.3 is 61.6 Å². The molecule has 10 N–H and O–H groups in total. The highest BCUT2D eigenvalue weighted by Gasteiger charge is 2.23. The predicted octanol–water partition coefficient (Wildman–Crippen LogP) is -4.44. The van der Waals surface area contributed by atoms with Crippen LogP contribution in [-0.2, 0) is 38.4 Å². The van der Waals surface area contributed by atoms with Gasteiger partial charge in [-0.05, 0) is 6.42 Å². The average molecular weight is 543 g/mol. The van der Waals surface area contributed by atoms with Gasteiger partial charge in [0.1, 0.15) is 30.9 Å². The standard InChI is InChI=1S/C13H17N3O8.C4H9NO2.3CH4O/c17-2-1-10(13(23)24)16-12(22)4-9(6-19)15-11(21)3-8(5-18)14-7-20;1-2-3(5)4(6)7;3*1-2/h2,5-10H,1,3-4H2,(H,14,20)(H,15,21)(H,16,22)(H,23,24);3H,2,5H2,1H3,(H,6,7);3*2H,1H3. The van der Waals surface area contributed by atoms with Crippen molar-refractivity contribution in [1.29, 1.82) is 0 Å². The van der Waals surface area contributed by atoms with Crippen molar-refractivity contribution < 1.29 is 63.9 Å². The Labute approximate surface area is 213 Å². The largest absolute Gasteiger partial charge is 0.480 e. The summed E-state index contributed by atoms with van der Waals surface area (Å²) in [7, 11) is 3.00. The van der Waals surface area contributed by atoms with Crippen LogP contribution in [0, 0.1) is 0 Å². The van der Waals surface area contributed by atoms with Crippen molar-refractivity contribution in [2.24, 2.45) is 5.73 Å². The molecule has 4 atom stereocenters. The zero-order valence-corrected chi connectivity index (χ0v) is 21.0. The van der Waals surface area contributed by atoms with Gasteiger partial charge in [-0.15, -0.1) is 0 Å². The second kappa shape index (κ2) is 32.2. The predicted molar refractivity (Wildman–Crippen MR) is 127 cm³/mol. The first-order valence-corrected chi connectivity index (χ1v) is 10.2. The molecule has 0 aromatic rings. The van der Waals surface area contributed by atoms with Crippen LogP contribution >= 0.6 is 0 Å². The third-order valence-electron chi connectivity index (χ3n) is 3.49. The van der Waals surface area contributed by atoms with Gasteiger partial charge in [0.2, 0.25) is 18.2 Å². The minimum Gasteiger partial charge on any atom is -0.480 e. The molecule has 0 fully saturated rings. The van der Waals surface area contributed by atoms with E-state index in [2.05, 4.69) is 10.6 Å². The van der Waals surface area contributed by atoms with E-state index in [1.54, 1.807) is 6.92 Å². The summed E-state index contributed by atoms with van der Waals surface area (Å²) in [6.45, 7) is 1.73. The molecule has 3 amide bonds. The molecule has 0 radical (unpaired) electrons. The molecule has 0 heterocycles. The quantitative estimate of drug-likeness (QED) is 0.0882. The van der Waals surface area contributed by atoms with Crippen LogP contribution in [0.4, 0.5) is 0 Å². The molecule has 0 aliphatic rings. The number of aldehydes is 3. The molecule has 0 bridgehead atoms. The summed E-state index contributed by atoms with van der Waals surface area (Å²) < 4.78 is 0. The summed E-state index contributed by atoms with van der Waals surface area (Å²) in [5, 5.41) is 44.1. The Balaban J connectivity index is -0.000000219. The molecule has 0 aromatic heterocycles. The Morgan fingerprint density at radius 3 is 1.49 bits per heavy atom. The van der Waals surface area contributed by atoms with Crippen LogP contribution in [0.1, 0.15) is 32.6 Å². The van der Waals surface area contributed by atoms with Crippen molar-refractivity contribution >= 4 is 49.0 Å². The van der Waals surface area contributed by atoms with Crippen molar-refractivity contribution in [3.8, 4) is 0 Å². The molecule has 17 nitrogen and oxygen atoms in total. The van der Waals surface area contributed by atoms with Crippen LogP contribution in [0.5, 0.6) is 0 Å². The van der Waals surface area contributed by atoms with E-state index in [1.165, 1.54) is 0 Å². The SMILES string of the molecule is CCC(N)C(=O)O.CO.CO.CO.O=CCC(NC(=O)CC(C=O)NC(=O)CC(C=O)NC=O)C(=O)O. The Hall–Kier alpha value is -3.80. The van der Waals surface area contributed by atoms with Gasteiger partial charge in [0.05, 0.1) is 24.9 Å². The van der Waals surface area contributed by atoms with Gasteiger partial charge >= 0.3 is 11.9 Å². The van der Waals surface area contributed by atoms with Crippen molar-refractivity contribution in [3.05, 3.63) is 0 Å². The summed E-state index contributed by atoms with van der Waals surface area (Å²) in [4.78, 5) is 85.9. The zero-order chi connectivity index (χ0) is 30.4. The minimum atomic E-state index is -1.44. The van der Waals surface area contributed by atoms with Crippen molar-refractivity contribution in [3.63, 3.8) is 0 Å². The molecule has 0 aliphatic heterocycles. The van der Waals surface area contributed by atoms with Gasteiger partial charge in [0, 0.05) is 27.8 Å².